The van der Waals surface area contributed by atoms with Crippen molar-refractivity contribution in [3.63, 3.8) is 0 Å². The lowest BCUT2D eigenvalue weighted by Gasteiger charge is -2.22. The van der Waals surface area contributed by atoms with Crippen LogP contribution in [0.1, 0.15) is 26.2 Å². The van der Waals surface area contributed by atoms with Gasteiger partial charge in [-0.05, 0) is 18.4 Å². The molecule has 1 aliphatic heterocycles. The third-order valence-corrected chi connectivity index (χ3v) is 2.54. The van der Waals surface area contributed by atoms with Crippen LogP contribution in [0, 0.1) is 5.41 Å². The molecule has 1 saturated heterocycles. The largest absolute Gasteiger partial charge is 0.356 e. The lowest BCUT2D eigenvalue weighted by molar-refractivity contribution is -0.127. The molecule has 1 heterocycles. The van der Waals surface area contributed by atoms with Crippen molar-refractivity contribution < 1.29 is 4.79 Å². The minimum absolute atomic E-state index is 0.0433. The molecule has 5 nitrogen and oxygen atoms in total. The average molecular weight is 182 g/mol. The van der Waals surface area contributed by atoms with Gasteiger partial charge in [-0.15, -0.1) is 0 Å². The summed E-state index contributed by atoms with van der Waals surface area (Å²) in [5.41, 5.74) is 7.81. The average Bonchev–Trinajstić information content (AvgIpc) is 2.46. The highest BCUT2D eigenvalue weighted by Gasteiger charge is 2.40. The van der Waals surface area contributed by atoms with E-state index in [2.05, 4.69) is 15.3 Å². The molecule has 1 aliphatic rings. The topological polar surface area (TPSA) is 77.9 Å². The molecule has 1 N–H and O–H groups in total. The highest BCUT2D eigenvalue weighted by Crippen LogP contribution is 2.32. The van der Waals surface area contributed by atoms with Gasteiger partial charge in [0.1, 0.15) is 0 Å². The Morgan fingerprint density at radius 1 is 1.77 bits per heavy atom. The summed E-state index contributed by atoms with van der Waals surface area (Å²) in [7, 11) is 0. The molecule has 5 heteroatoms. The van der Waals surface area contributed by atoms with Gasteiger partial charge in [-0.3, -0.25) is 4.79 Å². The minimum atomic E-state index is -0.416. The predicted molar refractivity (Wildman–Crippen MR) is 49.0 cm³/mol. The molecular formula is C8H14N4O. The number of nitrogens with zero attached hydrogens (tertiary/aromatic N) is 3. The second-order valence-electron chi connectivity index (χ2n) is 3.43. The van der Waals surface area contributed by atoms with Crippen LogP contribution < -0.4 is 5.32 Å². The van der Waals surface area contributed by atoms with E-state index in [0.717, 1.165) is 19.3 Å². The standard InChI is InChI=1S/C8H14N4O/c1-2-3-8(6-11-12-9)4-5-10-7(8)13/h2-6H2,1H3,(H,10,13)/t8-/m1/s1. The van der Waals surface area contributed by atoms with E-state index in [4.69, 9.17) is 5.53 Å². The van der Waals surface area contributed by atoms with Crippen molar-refractivity contribution in [1.29, 1.82) is 0 Å². The zero-order valence-corrected chi connectivity index (χ0v) is 7.79. The Labute approximate surface area is 77.1 Å². The quantitative estimate of drug-likeness (QED) is 0.400. The van der Waals surface area contributed by atoms with Crippen LogP contribution >= 0.6 is 0 Å². The van der Waals surface area contributed by atoms with E-state index in [1.807, 2.05) is 6.92 Å². The first-order valence-electron chi connectivity index (χ1n) is 4.54. The van der Waals surface area contributed by atoms with Gasteiger partial charge in [0, 0.05) is 18.0 Å². The molecule has 0 aliphatic carbocycles. The zero-order chi connectivity index (χ0) is 9.73. The molecular weight excluding hydrogens is 168 g/mol. The molecule has 1 atom stereocenters. The number of hydrogen-bond donors (Lipinski definition) is 1. The Hall–Kier alpha value is -1.22. The van der Waals surface area contributed by atoms with Crippen LogP contribution in [0.3, 0.4) is 0 Å². The maximum absolute atomic E-state index is 11.5. The summed E-state index contributed by atoms with van der Waals surface area (Å²) in [5, 5.41) is 6.30. The van der Waals surface area contributed by atoms with Crippen LogP contribution in [0.4, 0.5) is 0 Å². The summed E-state index contributed by atoms with van der Waals surface area (Å²) in [5.74, 6) is 0.0433. The van der Waals surface area contributed by atoms with Crippen LogP contribution in [-0.4, -0.2) is 19.0 Å². The van der Waals surface area contributed by atoms with E-state index in [1.54, 1.807) is 0 Å². The zero-order valence-electron chi connectivity index (χ0n) is 7.79. The summed E-state index contributed by atoms with van der Waals surface area (Å²) < 4.78 is 0. The van der Waals surface area contributed by atoms with Crippen molar-refractivity contribution in [2.24, 2.45) is 10.5 Å². The van der Waals surface area contributed by atoms with E-state index in [0.29, 0.717) is 13.1 Å². The second kappa shape index (κ2) is 4.14. The van der Waals surface area contributed by atoms with E-state index in [9.17, 15) is 4.79 Å². The molecule has 0 spiro atoms. The molecule has 13 heavy (non-hydrogen) atoms. The predicted octanol–water partition coefficient (Wildman–Crippen LogP) is 1.60. The van der Waals surface area contributed by atoms with Gasteiger partial charge in [0.05, 0.1) is 5.41 Å². The van der Waals surface area contributed by atoms with Gasteiger partial charge in [0.15, 0.2) is 0 Å². The summed E-state index contributed by atoms with van der Waals surface area (Å²) in [6.07, 6.45) is 2.53. The number of rotatable bonds is 4. The third kappa shape index (κ3) is 1.92. The summed E-state index contributed by atoms with van der Waals surface area (Å²) in [6, 6.07) is 0. The summed E-state index contributed by atoms with van der Waals surface area (Å²) >= 11 is 0. The van der Waals surface area contributed by atoms with Crippen LogP contribution in [-0.2, 0) is 4.79 Å². The lowest BCUT2D eigenvalue weighted by atomic mass is 9.82. The molecule has 1 rings (SSSR count). The molecule has 0 bridgehead atoms. The Morgan fingerprint density at radius 2 is 2.54 bits per heavy atom. The molecule has 0 radical (unpaired) electrons. The van der Waals surface area contributed by atoms with Crippen LogP contribution in [0.5, 0.6) is 0 Å². The molecule has 1 fully saturated rings. The Bertz CT molecular complexity index is 247. The first kappa shape index (κ1) is 9.86. The Morgan fingerprint density at radius 3 is 3.00 bits per heavy atom. The first-order valence-corrected chi connectivity index (χ1v) is 4.54. The fourth-order valence-electron chi connectivity index (χ4n) is 1.83. The summed E-state index contributed by atoms with van der Waals surface area (Å²) in [4.78, 5) is 14.2. The van der Waals surface area contributed by atoms with Gasteiger partial charge in [0.25, 0.3) is 0 Å². The van der Waals surface area contributed by atoms with Crippen molar-refractivity contribution in [2.45, 2.75) is 26.2 Å². The first-order chi connectivity index (χ1) is 6.25. The Kier molecular flexibility index (Phi) is 3.14. The second-order valence-corrected chi connectivity index (χ2v) is 3.43. The number of nitrogens with one attached hydrogen (secondary N) is 1. The molecule has 0 aromatic heterocycles. The smallest absolute Gasteiger partial charge is 0.226 e. The van der Waals surface area contributed by atoms with Gasteiger partial charge in [-0.2, -0.15) is 0 Å². The molecule has 0 aromatic carbocycles. The highest BCUT2D eigenvalue weighted by atomic mass is 16.2. The van der Waals surface area contributed by atoms with Gasteiger partial charge in [0.2, 0.25) is 5.91 Å². The van der Waals surface area contributed by atoms with Gasteiger partial charge >= 0.3 is 0 Å². The van der Waals surface area contributed by atoms with Crippen LogP contribution in [0.25, 0.3) is 10.4 Å². The summed E-state index contributed by atoms with van der Waals surface area (Å²) in [6.45, 7) is 3.03. The fourth-order valence-corrected chi connectivity index (χ4v) is 1.83. The van der Waals surface area contributed by atoms with E-state index in [1.165, 1.54) is 0 Å². The maximum Gasteiger partial charge on any atom is 0.226 e. The number of amides is 1. The molecule has 1 amide bonds. The SMILES string of the molecule is CCC[C@]1(CN=[N+]=[N-])CCNC1=O. The van der Waals surface area contributed by atoms with Gasteiger partial charge in [-0.25, -0.2) is 0 Å². The van der Waals surface area contributed by atoms with Crippen molar-refractivity contribution in [1.82, 2.24) is 5.32 Å². The monoisotopic (exact) mass is 182 g/mol. The number of carbonyl (C=O) groups excluding carboxylic acids is 1. The lowest BCUT2D eigenvalue weighted by Crippen LogP contribution is -2.33. The van der Waals surface area contributed by atoms with Crippen LogP contribution in [0.15, 0.2) is 5.11 Å². The number of hydrogen-bond acceptors (Lipinski definition) is 2. The molecule has 72 valence electrons. The van der Waals surface area contributed by atoms with Crippen LogP contribution in [0.2, 0.25) is 0 Å². The molecule has 0 aromatic rings. The highest BCUT2D eigenvalue weighted by molar-refractivity contribution is 5.84. The third-order valence-electron chi connectivity index (χ3n) is 2.54. The number of azide groups is 1. The van der Waals surface area contributed by atoms with Gasteiger partial charge in [-0.1, -0.05) is 18.5 Å². The van der Waals surface area contributed by atoms with Crippen molar-refractivity contribution in [2.75, 3.05) is 13.1 Å². The normalized spacial score (nSPS) is 26.7. The van der Waals surface area contributed by atoms with Crippen molar-refractivity contribution in [3.05, 3.63) is 10.4 Å². The minimum Gasteiger partial charge on any atom is -0.356 e. The van der Waals surface area contributed by atoms with Crippen molar-refractivity contribution >= 4 is 5.91 Å². The maximum atomic E-state index is 11.5. The van der Waals surface area contributed by atoms with E-state index in [-0.39, 0.29) is 5.91 Å². The molecule has 0 saturated carbocycles. The van der Waals surface area contributed by atoms with Crippen molar-refractivity contribution in [3.8, 4) is 0 Å². The fraction of sp³-hybridized carbons (Fsp3) is 0.875. The molecule has 0 unspecified atom stereocenters. The van der Waals surface area contributed by atoms with Gasteiger partial charge < -0.3 is 5.32 Å². The Balaban J connectivity index is 2.73. The van der Waals surface area contributed by atoms with E-state index < -0.39 is 5.41 Å². The van der Waals surface area contributed by atoms with E-state index >= 15 is 0 Å². The number of carbonyl (C=O) groups is 1.